The van der Waals surface area contributed by atoms with Gasteiger partial charge in [-0.25, -0.2) is 9.37 Å². The zero-order valence-electron chi connectivity index (χ0n) is 9.69. The number of benzene rings is 1. The number of nitrogen functional groups attached to an aromatic ring is 1. The first kappa shape index (κ1) is 12.8. The number of aliphatic hydroxyl groups is 1. The second kappa shape index (κ2) is 4.92. The Kier molecular flexibility index (Phi) is 3.50. The Labute approximate surface area is 109 Å². The molecule has 3 N–H and O–H groups in total. The molecule has 0 radical (unpaired) electrons. The Morgan fingerprint density at radius 2 is 2.06 bits per heavy atom. The van der Waals surface area contributed by atoms with E-state index in [1.54, 1.807) is 13.0 Å². The van der Waals surface area contributed by atoms with Gasteiger partial charge in [-0.1, -0.05) is 17.7 Å². The molecule has 1 aromatic carbocycles. The van der Waals surface area contributed by atoms with Gasteiger partial charge in [0.2, 0.25) is 0 Å². The van der Waals surface area contributed by atoms with E-state index in [1.807, 2.05) is 0 Å². The Bertz CT molecular complexity index is 538. The fourth-order valence-electron chi connectivity index (χ4n) is 1.76. The van der Waals surface area contributed by atoms with E-state index in [-0.39, 0.29) is 5.82 Å². The highest BCUT2D eigenvalue weighted by Gasteiger charge is 2.17. The lowest BCUT2D eigenvalue weighted by Crippen LogP contribution is -2.07. The van der Waals surface area contributed by atoms with Gasteiger partial charge in [-0.15, -0.1) is 0 Å². The zero-order valence-corrected chi connectivity index (χ0v) is 10.4. The number of rotatable bonds is 2. The van der Waals surface area contributed by atoms with Crippen molar-refractivity contribution >= 4 is 17.4 Å². The van der Waals surface area contributed by atoms with E-state index in [1.165, 1.54) is 24.4 Å². The quantitative estimate of drug-likeness (QED) is 0.879. The van der Waals surface area contributed by atoms with Gasteiger partial charge in [0, 0.05) is 11.8 Å². The van der Waals surface area contributed by atoms with Crippen molar-refractivity contribution in [2.24, 2.45) is 0 Å². The number of halogens is 2. The van der Waals surface area contributed by atoms with Gasteiger partial charge in [0.25, 0.3) is 0 Å². The van der Waals surface area contributed by atoms with E-state index in [0.29, 0.717) is 16.1 Å². The molecule has 0 aliphatic heterocycles. The van der Waals surface area contributed by atoms with Crippen molar-refractivity contribution in [3.8, 4) is 0 Å². The average molecular weight is 267 g/mol. The van der Waals surface area contributed by atoms with Crippen LogP contribution in [0, 0.1) is 12.7 Å². The summed E-state index contributed by atoms with van der Waals surface area (Å²) >= 11 is 5.82. The highest BCUT2D eigenvalue weighted by Crippen LogP contribution is 2.29. The number of pyridine rings is 1. The van der Waals surface area contributed by atoms with Crippen molar-refractivity contribution < 1.29 is 9.50 Å². The molecule has 0 amide bonds. The number of hydrogen-bond donors (Lipinski definition) is 2. The second-order valence-electron chi connectivity index (χ2n) is 4.03. The van der Waals surface area contributed by atoms with Gasteiger partial charge in [-0.2, -0.15) is 0 Å². The summed E-state index contributed by atoms with van der Waals surface area (Å²) in [7, 11) is 0. The van der Waals surface area contributed by atoms with Crippen LogP contribution < -0.4 is 5.73 Å². The predicted octanol–water partition coefficient (Wildman–Crippen LogP) is 2.85. The van der Waals surface area contributed by atoms with Gasteiger partial charge in [-0.05, 0) is 36.2 Å². The Morgan fingerprint density at radius 3 is 2.78 bits per heavy atom. The Morgan fingerprint density at radius 1 is 1.33 bits per heavy atom. The molecule has 0 fully saturated rings. The van der Waals surface area contributed by atoms with Gasteiger partial charge in [0.15, 0.2) is 0 Å². The largest absolute Gasteiger partial charge is 0.384 e. The minimum absolute atomic E-state index is 0.176. The van der Waals surface area contributed by atoms with Crippen molar-refractivity contribution in [1.29, 1.82) is 0 Å². The number of hydrogen-bond acceptors (Lipinski definition) is 3. The topological polar surface area (TPSA) is 59.1 Å². The van der Waals surface area contributed by atoms with Crippen molar-refractivity contribution in [3.63, 3.8) is 0 Å². The van der Waals surface area contributed by atoms with E-state index < -0.39 is 11.9 Å². The van der Waals surface area contributed by atoms with E-state index >= 15 is 0 Å². The van der Waals surface area contributed by atoms with Crippen molar-refractivity contribution in [2.75, 3.05) is 5.73 Å². The van der Waals surface area contributed by atoms with Crippen LogP contribution in [0.1, 0.15) is 22.8 Å². The minimum atomic E-state index is -1.05. The molecule has 0 aliphatic carbocycles. The molecule has 1 unspecified atom stereocenters. The monoisotopic (exact) mass is 266 g/mol. The number of aryl methyl sites for hydroxylation is 1. The third-order valence-corrected chi connectivity index (χ3v) is 2.95. The zero-order chi connectivity index (χ0) is 13.3. The Hall–Kier alpha value is -1.65. The molecule has 0 saturated heterocycles. The molecule has 0 saturated carbocycles. The maximum absolute atomic E-state index is 13.2. The average Bonchev–Trinajstić information content (AvgIpc) is 2.34. The minimum Gasteiger partial charge on any atom is -0.384 e. The molecule has 94 valence electrons. The summed E-state index contributed by atoms with van der Waals surface area (Å²) in [6.45, 7) is 1.78. The van der Waals surface area contributed by atoms with Gasteiger partial charge < -0.3 is 10.8 Å². The first-order valence-corrected chi connectivity index (χ1v) is 5.72. The molecule has 1 aromatic heterocycles. The molecular weight excluding hydrogens is 255 g/mol. The summed E-state index contributed by atoms with van der Waals surface area (Å²) in [4.78, 5) is 3.87. The maximum atomic E-state index is 13.2. The molecule has 2 rings (SSSR count). The molecular formula is C13H12ClFN2O. The van der Waals surface area contributed by atoms with Crippen LogP contribution in [-0.4, -0.2) is 10.1 Å². The van der Waals surface area contributed by atoms with Crippen LogP contribution in [0.25, 0.3) is 0 Å². The first-order chi connectivity index (χ1) is 8.49. The van der Waals surface area contributed by atoms with Crippen LogP contribution in [0.3, 0.4) is 0 Å². The Balaban J connectivity index is 2.50. The summed E-state index contributed by atoms with van der Waals surface area (Å²) in [5, 5.41) is 10.6. The molecule has 5 heteroatoms. The van der Waals surface area contributed by atoms with Crippen LogP contribution in [0.2, 0.25) is 5.02 Å². The lowest BCUT2D eigenvalue weighted by atomic mass is 9.98. The summed E-state index contributed by atoms with van der Waals surface area (Å²) in [5.41, 5.74) is 7.28. The highest BCUT2D eigenvalue weighted by molar-refractivity contribution is 6.30. The van der Waals surface area contributed by atoms with E-state index in [2.05, 4.69) is 4.98 Å². The molecule has 0 bridgehead atoms. The summed E-state index contributed by atoms with van der Waals surface area (Å²) in [6.07, 6.45) is 0.345. The standard InChI is InChI=1S/C13H12ClFN2O/c1-7-2-3-9(15)5-10(7)12(18)11-4-8(14)6-17-13(11)16/h2-6,12,18H,1H3,(H2,16,17). The molecule has 0 aliphatic rings. The maximum Gasteiger partial charge on any atom is 0.129 e. The lowest BCUT2D eigenvalue weighted by Gasteiger charge is -2.15. The van der Waals surface area contributed by atoms with E-state index in [4.69, 9.17) is 17.3 Å². The number of anilines is 1. The molecule has 1 heterocycles. The van der Waals surface area contributed by atoms with Gasteiger partial charge in [-0.3, -0.25) is 0 Å². The summed E-state index contributed by atoms with van der Waals surface area (Å²) in [5.74, 6) is -0.237. The van der Waals surface area contributed by atoms with Crippen LogP contribution in [0.15, 0.2) is 30.5 Å². The SMILES string of the molecule is Cc1ccc(F)cc1C(O)c1cc(Cl)cnc1N. The number of aromatic nitrogens is 1. The predicted molar refractivity (Wildman–Crippen MR) is 68.9 cm³/mol. The van der Waals surface area contributed by atoms with Gasteiger partial charge in [0.1, 0.15) is 17.7 Å². The highest BCUT2D eigenvalue weighted by atomic mass is 35.5. The van der Waals surface area contributed by atoms with Crippen LogP contribution in [-0.2, 0) is 0 Å². The van der Waals surface area contributed by atoms with Gasteiger partial charge in [0.05, 0.1) is 5.02 Å². The fraction of sp³-hybridized carbons (Fsp3) is 0.154. The van der Waals surface area contributed by atoms with E-state index in [9.17, 15) is 9.50 Å². The van der Waals surface area contributed by atoms with Crippen molar-refractivity contribution in [2.45, 2.75) is 13.0 Å². The van der Waals surface area contributed by atoms with Crippen LogP contribution in [0.5, 0.6) is 0 Å². The lowest BCUT2D eigenvalue weighted by molar-refractivity contribution is 0.219. The molecule has 0 spiro atoms. The summed E-state index contributed by atoms with van der Waals surface area (Å²) < 4.78 is 13.2. The molecule has 2 aromatic rings. The van der Waals surface area contributed by atoms with E-state index in [0.717, 1.165) is 5.56 Å². The number of aliphatic hydroxyl groups excluding tert-OH is 1. The smallest absolute Gasteiger partial charge is 0.129 e. The van der Waals surface area contributed by atoms with Crippen LogP contribution in [0.4, 0.5) is 10.2 Å². The van der Waals surface area contributed by atoms with Gasteiger partial charge >= 0.3 is 0 Å². The van der Waals surface area contributed by atoms with Crippen molar-refractivity contribution in [1.82, 2.24) is 4.98 Å². The number of nitrogens with two attached hydrogens (primary N) is 1. The normalized spacial score (nSPS) is 12.4. The molecule has 3 nitrogen and oxygen atoms in total. The first-order valence-electron chi connectivity index (χ1n) is 5.34. The van der Waals surface area contributed by atoms with Crippen molar-refractivity contribution in [3.05, 3.63) is 58.0 Å². The molecule has 18 heavy (non-hydrogen) atoms. The third-order valence-electron chi connectivity index (χ3n) is 2.75. The molecule has 1 atom stereocenters. The number of nitrogens with zero attached hydrogens (tertiary/aromatic N) is 1. The third kappa shape index (κ3) is 2.44. The van der Waals surface area contributed by atoms with Crippen LogP contribution >= 0.6 is 11.6 Å². The second-order valence-corrected chi connectivity index (χ2v) is 4.47. The fourth-order valence-corrected chi connectivity index (χ4v) is 1.92. The summed E-state index contributed by atoms with van der Waals surface area (Å²) in [6, 6.07) is 5.74.